The normalized spacial score (nSPS) is 13.7. The summed E-state index contributed by atoms with van der Waals surface area (Å²) in [5.74, 6) is 0. The lowest BCUT2D eigenvalue weighted by Gasteiger charge is -2.45. The van der Waals surface area contributed by atoms with Gasteiger partial charge in [-0.15, -0.1) is 11.3 Å². The fourth-order valence-electron chi connectivity index (χ4n) is 11.1. The largest absolute Gasteiger partial charge is 0.311 e. The van der Waals surface area contributed by atoms with Crippen LogP contribution in [0.3, 0.4) is 0 Å². The van der Waals surface area contributed by atoms with Crippen molar-refractivity contribution in [3.8, 4) is 10.6 Å². The Morgan fingerprint density at radius 2 is 0.853 bits per heavy atom. The molecule has 0 atom stereocenters. The third kappa shape index (κ3) is 9.17. The Morgan fingerprint density at radius 3 is 1.36 bits per heavy atom. The van der Waals surface area contributed by atoms with Gasteiger partial charge in [-0.2, -0.15) is 0 Å². The smallest absolute Gasteiger partial charge is 0.252 e. The number of rotatable bonds is 6. The molecule has 0 amide bonds. The molecular formula is C69H73BN4S. The molecule has 0 radical (unpaired) electrons. The Kier molecular flexibility index (Phi) is 12.0. The van der Waals surface area contributed by atoms with Gasteiger partial charge < -0.3 is 14.7 Å². The lowest BCUT2D eigenvalue weighted by molar-refractivity contribution is 0.568. The molecule has 0 fully saturated rings. The zero-order valence-corrected chi connectivity index (χ0v) is 47.8. The number of aromatic nitrogens is 1. The van der Waals surface area contributed by atoms with Crippen LogP contribution in [0.25, 0.3) is 20.8 Å². The van der Waals surface area contributed by atoms with Gasteiger partial charge in [-0.05, 0) is 150 Å². The number of anilines is 9. The van der Waals surface area contributed by atoms with Crippen molar-refractivity contribution in [3.05, 3.63) is 198 Å². The average Bonchev–Trinajstić information content (AvgIpc) is 3.81. The molecule has 0 N–H and O–H groups in total. The van der Waals surface area contributed by atoms with Crippen molar-refractivity contribution in [3.63, 3.8) is 0 Å². The van der Waals surface area contributed by atoms with Gasteiger partial charge in [0, 0.05) is 51.1 Å². The van der Waals surface area contributed by atoms with E-state index in [0.29, 0.717) is 0 Å². The van der Waals surface area contributed by atoms with Gasteiger partial charge in [0.15, 0.2) is 0 Å². The number of thiazole rings is 1. The van der Waals surface area contributed by atoms with Gasteiger partial charge in [-0.1, -0.05) is 195 Å². The summed E-state index contributed by atoms with van der Waals surface area (Å²) in [6, 6.07) is 64.8. The highest BCUT2D eigenvalue weighted by Crippen LogP contribution is 2.50. The van der Waals surface area contributed by atoms with E-state index in [1.807, 2.05) is 0 Å². The van der Waals surface area contributed by atoms with Crippen LogP contribution in [0.5, 0.6) is 0 Å². The van der Waals surface area contributed by atoms with E-state index in [2.05, 4.69) is 288 Å². The molecule has 0 spiro atoms. The van der Waals surface area contributed by atoms with Crippen LogP contribution < -0.4 is 31.1 Å². The molecule has 0 saturated carbocycles. The van der Waals surface area contributed by atoms with Gasteiger partial charge in [0.05, 0.1) is 15.9 Å². The Hall–Kier alpha value is -6.89. The average molecular weight is 1000 g/mol. The van der Waals surface area contributed by atoms with Crippen LogP contribution in [0.4, 0.5) is 51.2 Å². The zero-order valence-electron chi connectivity index (χ0n) is 46.9. The maximum Gasteiger partial charge on any atom is 0.252 e. The highest BCUT2D eigenvalue weighted by molar-refractivity contribution is 7.21. The molecule has 6 heteroatoms. The van der Waals surface area contributed by atoms with E-state index < -0.39 is 0 Å². The highest BCUT2D eigenvalue weighted by Gasteiger charge is 2.45. The van der Waals surface area contributed by atoms with Crippen molar-refractivity contribution in [2.24, 2.45) is 0 Å². The van der Waals surface area contributed by atoms with E-state index in [4.69, 9.17) is 4.98 Å². The summed E-state index contributed by atoms with van der Waals surface area (Å²) >= 11 is 1.81. The van der Waals surface area contributed by atoms with Crippen LogP contribution in [0.1, 0.15) is 132 Å². The second-order valence-electron chi connectivity index (χ2n) is 26.3. The Labute approximate surface area is 452 Å². The molecule has 4 nitrogen and oxygen atoms in total. The Bertz CT molecular complexity index is 3540. The summed E-state index contributed by atoms with van der Waals surface area (Å²) in [5.41, 5.74) is 22.7. The molecule has 2 aliphatic rings. The lowest BCUT2D eigenvalue weighted by atomic mass is 9.33. The molecule has 2 aliphatic heterocycles. The van der Waals surface area contributed by atoms with Crippen LogP contribution in [0.2, 0.25) is 0 Å². The maximum atomic E-state index is 5.53. The first-order chi connectivity index (χ1) is 35.3. The monoisotopic (exact) mass is 1000 g/mol. The van der Waals surface area contributed by atoms with Crippen LogP contribution >= 0.6 is 11.3 Å². The fourth-order valence-corrected chi connectivity index (χ4v) is 12.1. The first kappa shape index (κ1) is 50.3. The third-order valence-corrected chi connectivity index (χ3v) is 16.7. The molecule has 378 valence electrons. The second kappa shape index (κ2) is 17.9. The SMILES string of the molecule is CC(C)(C)c1ccc(-c2nc3cc4c(cc3s2)B2c3cc(C(C)(C)C)ccc3N(c3ccc(C(C)(C)C)cc3)c3cc(N(c5ccccc5)c5ccccc5)cc(c32)N4c2cc(C(C)(C)C)cc(C(C)(C)C)c2)cc1. The predicted molar refractivity (Wildman–Crippen MR) is 327 cm³/mol. The van der Waals surface area contributed by atoms with E-state index in [9.17, 15) is 0 Å². The first-order valence-corrected chi connectivity index (χ1v) is 27.8. The third-order valence-electron chi connectivity index (χ3n) is 15.6. The molecule has 3 heterocycles. The Balaban J connectivity index is 1.29. The van der Waals surface area contributed by atoms with Gasteiger partial charge in [-0.3, -0.25) is 0 Å². The van der Waals surface area contributed by atoms with Crippen molar-refractivity contribution in [1.82, 2.24) is 4.98 Å². The minimum Gasteiger partial charge on any atom is -0.311 e. The number of benzene rings is 8. The second-order valence-corrected chi connectivity index (χ2v) is 27.4. The molecule has 11 rings (SSSR count). The predicted octanol–water partition coefficient (Wildman–Crippen LogP) is 18.0. The minimum atomic E-state index is -0.107. The number of fused-ring (bicyclic) bond motifs is 5. The van der Waals surface area contributed by atoms with E-state index >= 15 is 0 Å². The Morgan fingerprint density at radius 1 is 0.387 bits per heavy atom. The van der Waals surface area contributed by atoms with Gasteiger partial charge in [-0.25, -0.2) is 4.98 Å². The fraction of sp³-hybridized carbons (Fsp3) is 0.290. The van der Waals surface area contributed by atoms with Crippen LogP contribution in [0, 0.1) is 0 Å². The molecule has 8 aromatic carbocycles. The number of nitrogens with zero attached hydrogens (tertiary/aromatic N) is 4. The van der Waals surface area contributed by atoms with Crippen molar-refractivity contribution < 1.29 is 0 Å². The van der Waals surface area contributed by atoms with Gasteiger partial charge >= 0.3 is 0 Å². The molecule has 1 aromatic heterocycles. The molecular weight excluding hydrogens is 928 g/mol. The van der Waals surface area contributed by atoms with Crippen molar-refractivity contribution in [2.75, 3.05) is 14.7 Å². The van der Waals surface area contributed by atoms with Crippen LogP contribution in [0.15, 0.2) is 170 Å². The standard InChI is InChI=1S/C69H73BN4S/c1-65(2,3)45-28-26-44(27-29-45)64-71-57-43-59-56(42-62(57)75-64)70-55-39-47(67(7,8)9)32-35-58(55)73(52-33-30-46(31-34-52)66(4,5)6)60-40-54(72(50-22-18-16-19-23-50)51-24-20-17-21-25-51)41-61(63(60)70)74(59)53-37-48(68(10,11)12)36-49(38-53)69(13,14)15/h16-43H,1-15H3. The number of hydrogen-bond donors (Lipinski definition) is 0. The maximum absolute atomic E-state index is 5.53. The highest BCUT2D eigenvalue weighted by atomic mass is 32.1. The van der Waals surface area contributed by atoms with E-state index in [1.54, 1.807) is 11.3 Å². The summed E-state index contributed by atoms with van der Waals surface area (Å²) in [4.78, 5) is 13.2. The summed E-state index contributed by atoms with van der Waals surface area (Å²) in [7, 11) is 0. The van der Waals surface area contributed by atoms with E-state index in [1.165, 1.54) is 66.0 Å². The first-order valence-electron chi connectivity index (χ1n) is 27.0. The van der Waals surface area contributed by atoms with Crippen LogP contribution in [-0.2, 0) is 27.1 Å². The molecule has 0 aliphatic carbocycles. The summed E-state index contributed by atoms with van der Waals surface area (Å²) < 4.78 is 1.19. The quantitative estimate of drug-likeness (QED) is 0.155. The summed E-state index contributed by atoms with van der Waals surface area (Å²) in [5, 5.41) is 1.04. The molecule has 75 heavy (non-hydrogen) atoms. The number of para-hydroxylation sites is 2. The topological polar surface area (TPSA) is 22.6 Å². The molecule has 0 saturated heterocycles. The van der Waals surface area contributed by atoms with Gasteiger partial charge in [0.1, 0.15) is 5.01 Å². The zero-order chi connectivity index (χ0) is 53.1. The van der Waals surface area contributed by atoms with Crippen molar-refractivity contribution >= 4 is 95.8 Å². The van der Waals surface area contributed by atoms with Crippen molar-refractivity contribution in [1.29, 1.82) is 0 Å². The lowest BCUT2D eigenvalue weighted by Crippen LogP contribution is -2.61. The summed E-state index contributed by atoms with van der Waals surface area (Å²) in [6.45, 7) is 34.8. The van der Waals surface area contributed by atoms with Crippen molar-refractivity contribution in [2.45, 2.75) is 131 Å². The van der Waals surface area contributed by atoms with Crippen LogP contribution in [-0.4, -0.2) is 11.7 Å². The molecule has 0 unspecified atom stereocenters. The van der Waals surface area contributed by atoms with Gasteiger partial charge in [0.25, 0.3) is 6.71 Å². The molecule has 9 aromatic rings. The molecule has 0 bridgehead atoms. The minimum absolute atomic E-state index is 0.00539. The van der Waals surface area contributed by atoms with E-state index in [-0.39, 0.29) is 33.8 Å². The summed E-state index contributed by atoms with van der Waals surface area (Å²) in [6.07, 6.45) is 0. The van der Waals surface area contributed by atoms with Gasteiger partial charge in [0.2, 0.25) is 0 Å². The number of hydrogen-bond acceptors (Lipinski definition) is 5. The van der Waals surface area contributed by atoms with E-state index in [0.717, 1.165) is 50.2 Å².